The smallest absolute Gasteiger partial charge is 0.326 e. The molecule has 6 nitrogen and oxygen atoms in total. The maximum absolute atomic E-state index is 12.0. The number of carbonyl (C=O) groups excluding carboxylic acids is 1. The van der Waals surface area contributed by atoms with Crippen LogP contribution in [0.5, 0.6) is 0 Å². The van der Waals surface area contributed by atoms with Gasteiger partial charge in [-0.3, -0.25) is 9.48 Å². The molecule has 0 spiro atoms. The van der Waals surface area contributed by atoms with E-state index in [2.05, 4.69) is 5.10 Å². The highest BCUT2D eigenvalue weighted by Crippen LogP contribution is 2.19. The molecule has 1 amide bonds. The minimum atomic E-state index is -0.937. The van der Waals surface area contributed by atoms with E-state index in [-0.39, 0.29) is 5.91 Å². The van der Waals surface area contributed by atoms with Crippen LogP contribution in [0, 0.1) is 0 Å². The molecular formula is C10H13N3O3. The summed E-state index contributed by atoms with van der Waals surface area (Å²) < 4.78 is 1.46. The van der Waals surface area contributed by atoms with Crippen LogP contribution in [0.3, 0.4) is 0 Å². The first-order valence-corrected chi connectivity index (χ1v) is 5.13. The Labute approximate surface area is 92.5 Å². The third-order valence-corrected chi connectivity index (χ3v) is 2.84. The minimum Gasteiger partial charge on any atom is -0.480 e. The molecule has 1 aliphatic heterocycles. The highest BCUT2D eigenvalue weighted by molar-refractivity contribution is 5.95. The summed E-state index contributed by atoms with van der Waals surface area (Å²) in [7, 11) is 1.67. The van der Waals surface area contributed by atoms with Gasteiger partial charge in [0, 0.05) is 19.8 Å². The molecule has 0 unspecified atom stereocenters. The third kappa shape index (κ3) is 1.66. The van der Waals surface area contributed by atoms with Crippen LogP contribution < -0.4 is 0 Å². The number of carboxylic acids is 1. The van der Waals surface area contributed by atoms with Gasteiger partial charge in [0.15, 0.2) is 0 Å². The summed E-state index contributed by atoms with van der Waals surface area (Å²) in [6.07, 6.45) is 2.79. The summed E-state index contributed by atoms with van der Waals surface area (Å²) in [5.74, 6) is -1.20. The lowest BCUT2D eigenvalue weighted by Crippen LogP contribution is -2.41. The van der Waals surface area contributed by atoms with Gasteiger partial charge in [0.2, 0.25) is 0 Å². The van der Waals surface area contributed by atoms with Gasteiger partial charge >= 0.3 is 5.97 Å². The number of hydrogen-bond donors (Lipinski definition) is 1. The van der Waals surface area contributed by atoms with Crippen LogP contribution in [0.1, 0.15) is 23.3 Å². The van der Waals surface area contributed by atoms with Crippen molar-refractivity contribution in [3.8, 4) is 0 Å². The van der Waals surface area contributed by atoms with Gasteiger partial charge in [-0.2, -0.15) is 5.10 Å². The lowest BCUT2D eigenvalue weighted by Gasteiger charge is -2.21. The SMILES string of the molecule is Cn1nccc1C(=O)N1CCC[C@H]1C(=O)O. The largest absolute Gasteiger partial charge is 0.480 e. The average Bonchev–Trinajstić information content (AvgIpc) is 2.84. The maximum atomic E-state index is 12.0. The Kier molecular flexibility index (Phi) is 2.64. The highest BCUT2D eigenvalue weighted by Gasteiger charge is 2.35. The second kappa shape index (κ2) is 3.96. The van der Waals surface area contributed by atoms with E-state index in [1.165, 1.54) is 15.8 Å². The summed E-state index contributed by atoms with van der Waals surface area (Å²) in [5.41, 5.74) is 0.424. The van der Waals surface area contributed by atoms with Crippen LogP contribution in [0.4, 0.5) is 0 Å². The van der Waals surface area contributed by atoms with Gasteiger partial charge in [-0.25, -0.2) is 4.79 Å². The van der Waals surface area contributed by atoms with Crippen molar-refractivity contribution in [3.63, 3.8) is 0 Å². The van der Waals surface area contributed by atoms with E-state index in [0.717, 1.165) is 6.42 Å². The molecule has 1 atom stereocenters. The van der Waals surface area contributed by atoms with Crippen LogP contribution in [0.2, 0.25) is 0 Å². The van der Waals surface area contributed by atoms with Crippen molar-refractivity contribution in [1.29, 1.82) is 0 Å². The molecule has 0 aromatic carbocycles. The van der Waals surface area contributed by atoms with Crippen molar-refractivity contribution < 1.29 is 14.7 Å². The summed E-state index contributed by atoms with van der Waals surface area (Å²) in [6, 6.07) is 0.905. The van der Waals surface area contributed by atoms with Crippen molar-refractivity contribution >= 4 is 11.9 Å². The molecule has 1 aromatic heterocycles. The quantitative estimate of drug-likeness (QED) is 0.772. The van der Waals surface area contributed by atoms with Gasteiger partial charge in [-0.15, -0.1) is 0 Å². The van der Waals surface area contributed by atoms with Crippen LogP contribution >= 0.6 is 0 Å². The standard InChI is InChI=1S/C10H13N3O3/c1-12-7(4-5-11-12)9(14)13-6-2-3-8(13)10(15)16/h4-5,8H,2-3,6H2,1H3,(H,15,16)/t8-/m0/s1. The average molecular weight is 223 g/mol. The van der Waals surface area contributed by atoms with E-state index in [9.17, 15) is 9.59 Å². The van der Waals surface area contributed by atoms with Crippen molar-refractivity contribution in [2.45, 2.75) is 18.9 Å². The number of aliphatic carboxylic acids is 1. The predicted molar refractivity (Wildman–Crippen MR) is 54.9 cm³/mol. The van der Waals surface area contributed by atoms with Crippen molar-refractivity contribution in [1.82, 2.24) is 14.7 Å². The molecule has 0 aliphatic carbocycles. The lowest BCUT2D eigenvalue weighted by molar-refractivity contribution is -0.141. The molecule has 0 bridgehead atoms. The Morgan fingerprint density at radius 1 is 1.56 bits per heavy atom. The van der Waals surface area contributed by atoms with Gasteiger partial charge in [0.05, 0.1) is 0 Å². The molecule has 1 saturated heterocycles. The number of likely N-dealkylation sites (tertiary alicyclic amines) is 1. The number of rotatable bonds is 2. The van der Waals surface area contributed by atoms with E-state index in [1.807, 2.05) is 0 Å². The topological polar surface area (TPSA) is 75.4 Å². The molecule has 0 radical (unpaired) electrons. The Morgan fingerprint density at radius 3 is 2.88 bits per heavy atom. The molecule has 0 saturated carbocycles. The molecule has 86 valence electrons. The molecule has 16 heavy (non-hydrogen) atoms. The first kappa shape index (κ1) is 10.7. The van der Waals surface area contributed by atoms with Crippen molar-refractivity contribution in [3.05, 3.63) is 18.0 Å². The summed E-state index contributed by atoms with van der Waals surface area (Å²) in [5, 5.41) is 12.9. The maximum Gasteiger partial charge on any atom is 0.326 e. The number of nitrogens with zero attached hydrogens (tertiary/aromatic N) is 3. The van der Waals surface area contributed by atoms with Crippen molar-refractivity contribution in [2.24, 2.45) is 7.05 Å². The van der Waals surface area contributed by atoms with Gasteiger partial charge < -0.3 is 10.0 Å². The van der Waals surface area contributed by atoms with E-state index < -0.39 is 12.0 Å². The second-order valence-corrected chi connectivity index (χ2v) is 3.83. The summed E-state index contributed by atoms with van der Waals surface area (Å²) >= 11 is 0. The molecule has 1 aliphatic rings. The van der Waals surface area contributed by atoms with E-state index in [4.69, 9.17) is 5.11 Å². The Balaban J connectivity index is 2.22. The third-order valence-electron chi connectivity index (χ3n) is 2.84. The molecule has 2 rings (SSSR count). The number of amides is 1. The van der Waals surface area contributed by atoms with E-state index >= 15 is 0 Å². The molecule has 2 heterocycles. The monoisotopic (exact) mass is 223 g/mol. The molecule has 1 fully saturated rings. The molecule has 1 aromatic rings. The fourth-order valence-electron chi connectivity index (χ4n) is 2.00. The van der Waals surface area contributed by atoms with Crippen molar-refractivity contribution in [2.75, 3.05) is 6.54 Å². The summed E-state index contributed by atoms with van der Waals surface area (Å²) in [4.78, 5) is 24.4. The van der Waals surface area contributed by atoms with Crippen LogP contribution in [0.15, 0.2) is 12.3 Å². The number of carbonyl (C=O) groups is 2. The van der Waals surface area contributed by atoms with Gasteiger partial charge in [-0.05, 0) is 18.9 Å². The van der Waals surface area contributed by atoms with Crippen LogP contribution in [-0.2, 0) is 11.8 Å². The number of carboxylic acid groups (broad SMARTS) is 1. The number of aryl methyl sites for hydroxylation is 1. The number of aromatic nitrogens is 2. The zero-order chi connectivity index (χ0) is 11.7. The normalized spacial score (nSPS) is 20.1. The lowest BCUT2D eigenvalue weighted by atomic mass is 10.2. The minimum absolute atomic E-state index is 0.259. The zero-order valence-electron chi connectivity index (χ0n) is 8.96. The zero-order valence-corrected chi connectivity index (χ0v) is 8.96. The van der Waals surface area contributed by atoms with E-state index in [1.54, 1.807) is 13.1 Å². The second-order valence-electron chi connectivity index (χ2n) is 3.83. The molecule has 6 heteroatoms. The number of hydrogen-bond acceptors (Lipinski definition) is 3. The Bertz CT molecular complexity index is 427. The first-order valence-electron chi connectivity index (χ1n) is 5.13. The summed E-state index contributed by atoms with van der Waals surface area (Å²) in [6.45, 7) is 0.501. The predicted octanol–water partition coefficient (Wildman–Crippen LogP) is 0.109. The van der Waals surface area contributed by atoms with E-state index in [0.29, 0.717) is 18.7 Å². The van der Waals surface area contributed by atoms with Crippen LogP contribution in [0.25, 0.3) is 0 Å². The van der Waals surface area contributed by atoms with Gasteiger partial charge in [0.25, 0.3) is 5.91 Å². The van der Waals surface area contributed by atoms with Gasteiger partial charge in [0.1, 0.15) is 11.7 Å². The van der Waals surface area contributed by atoms with Crippen LogP contribution in [-0.4, -0.2) is 44.3 Å². The van der Waals surface area contributed by atoms with Gasteiger partial charge in [-0.1, -0.05) is 0 Å². The highest BCUT2D eigenvalue weighted by atomic mass is 16.4. The first-order chi connectivity index (χ1) is 7.61. The fraction of sp³-hybridized carbons (Fsp3) is 0.500. The molecule has 1 N–H and O–H groups in total. The molecular weight excluding hydrogens is 210 g/mol. The Morgan fingerprint density at radius 2 is 2.31 bits per heavy atom. The Hall–Kier alpha value is -1.85. The fourth-order valence-corrected chi connectivity index (χ4v) is 2.00.